The molecule has 2 N–H and O–H groups in total. The van der Waals surface area contributed by atoms with E-state index in [0.717, 1.165) is 22.1 Å². The molecule has 1 fully saturated rings. The normalized spacial score (nSPS) is 29.6. The first-order valence-electron chi connectivity index (χ1n) is 11.5. The summed E-state index contributed by atoms with van der Waals surface area (Å²) in [6.45, 7) is 3.49. The molecule has 178 valence electrons. The Bertz CT molecular complexity index is 1180. The lowest BCUT2D eigenvalue weighted by Crippen LogP contribution is -2.52. The van der Waals surface area contributed by atoms with Crippen LogP contribution >= 0.6 is 15.9 Å². The van der Waals surface area contributed by atoms with Crippen molar-refractivity contribution in [2.75, 3.05) is 27.2 Å². The van der Waals surface area contributed by atoms with Crippen molar-refractivity contribution in [2.45, 2.75) is 30.1 Å². The van der Waals surface area contributed by atoms with E-state index in [9.17, 15) is 10.2 Å². The molecule has 34 heavy (non-hydrogen) atoms. The fourth-order valence-electron chi connectivity index (χ4n) is 5.92. The molecule has 5 rings (SSSR count). The zero-order chi connectivity index (χ0) is 24.1. The maximum Gasteiger partial charge on any atom is 0.177 e. The quantitative estimate of drug-likeness (QED) is 0.506. The molecule has 0 bridgehead atoms. The molecule has 5 atom stereocenters. The number of aliphatic hydroxyl groups is 2. The number of hydrogen-bond donors (Lipinski definition) is 2. The van der Waals surface area contributed by atoms with Crippen molar-refractivity contribution >= 4 is 15.9 Å². The maximum absolute atomic E-state index is 12.7. The van der Waals surface area contributed by atoms with Gasteiger partial charge in [0, 0.05) is 22.9 Å². The monoisotopic (exact) mass is 524 g/mol. The number of ether oxygens (including phenoxy) is 2. The van der Waals surface area contributed by atoms with Gasteiger partial charge in [-0.15, -0.1) is 0 Å². The molecule has 2 aliphatic rings. The summed E-state index contributed by atoms with van der Waals surface area (Å²) in [5, 5.41) is 24.7. The van der Waals surface area contributed by atoms with Gasteiger partial charge in [-0.05, 0) is 36.9 Å². The summed E-state index contributed by atoms with van der Waals surface area (Å²) in [6, 6.07) is 17.8. The minimum absolute atomic E-state index is 0.313. The molecule has 0 saturated heterocycles. The molecule has 1 saturated carbocycles. The highest BCUT2D eigenvalue weighted by Gasteiger charge is 2.76. The third kappa shape index (κ3) is 3.14. The van der Waals surface area contributed by atoms with E-state index in [1.54, 1.807) is 19.5 Å². The van der Waals surface area contributed by atoms with Crippen molar-refractivity contribution in [3.63, 3.8) is 0 Å². The molecule has 0 spiro atoms. The highest BCUT2D eigenvalue weighted by Crippen LogP contribution is 2.69. The van der Waals surface area contributed by atoms with E-state index in [4.69, 9.17) is 9.47 Å². The van der Waals surface area contributed by atoms with Crippen LogP contribution in [-0.4, -0.2) is 53.4 Å². The first-order valence-corrected chi connectivity index (χ1v) is 12.3. The van der Waals surface area contributed by atoms with Gasteiger partial charge in [0.25, 0.3) is 0 Å². The van der Waals surface area contributed by atoms with Crippen molar-refractivity contribution in [3.05, 3.63) is 88.2 Å². The number of aromatic nitrogens is 1. The van der Waals surface area contributed by atoms with E-state index >= 15 is 0 Å². The van der Waals surface area contributed by atoms with E-state index in [2.05, 4.69) is 32.7 Å². The average molecular weight is 525 g/mol. The molecule has 1 aliphatic carbocycles. The van der Waals surface area contributed by atoms with Gasteiger partial charge in [-0.1, -0.05) is 65.3 Å². The fraction of sp³-hybridized carbons (Fsp3) is 0.370. The van der Waals surface area contributed by atoms with Gasteiger partial charge in [-0.25, -0.2) is 0 Å². The lowest BCUT2D eigenvalue weighted by atomic mass is 9.70. The van der Waals surface area contributed by atoms with Crippen LogP contribution in [0.5, 0.6) is 11.5 Å². The molecular formula is C27H29BrN2O4. The zero-order valence-electron chi connectivity index (χ0n) is 19.5. The molecule has 6 nitrogen and oxygen atoms in total. The zero-order valence-corrected chi connectivity index (χ0v) is 21.1. The second-order valence-corrected chi connectivity index (χ2v) is 10.1. The van der Waals surface area contributed by atoms with Crippen LogP contribution in [0.25, 0.3) is 0 Å². The van der Waals surface area contributed by atoms with E-state index < -0.39 is 17.3 Å². The number of hydrogen-bond acceptors (Lipinski definition) is 6. The summed E-state index contributed by atoms with van der Waals surface area (Å²) in [5.74, 6) is 0.161. The van der Waals surface area contributed by atoms with Crippen molar-refractivity contribution in [2.24, 2.45) is 5.92 Å². The van der Waals surface area contributed by atoms with Crippen LogP contribution in [0.3, 0.4) is 0 Å². The van der Waals surface area contributed by atoms with Crippen molar-refractivity contribution < 1.29 is 19.7 Å². The molecule has 2 heterocycles. The molecule has 2 aromatic carbocycles. The van der Waals surface area contributed by atoms with E-state index in [-0.39, 0.29) is 11.8 Å². The Morgan fingerprint density at radius 2 is 1.82 bits per heavy atom. The molecule has 1 unspecified atom stereocenters. The molecule has 1 aliphatic heterocycles. The van der Waals surface area contributed by atoms with Gasteiger partial charge >= 0.3 is 0 Å². The van der Waals surface area contributed by atoms with Crippen LogP contribution in [0.1, 0.15) is 29.5 Å². The summed E-state index contributed by atoms with van der Waals surface area (Å²) in [4.78, 5) is 6.43. The summed E-state index contributed by atoms with van der Waals surface area (Å²) >= 11 is 3.53. The van der Waals surface area contributed by atoms with Gasteiger partial charge in [-0.3, -0.25) is 4.98 Å². The second kappa shape index (κ2) is 8.64. The predicted molar refractivity (Wildman–Crippen MR) is 133 cm³/mol. The fourth-order valence-corrected chi connectivity index (χ4v) is 6.19. The number of methoxy groups -OCH3 is 1. The Balaban J connectivity index is 1.84. The Morgan fingerprint density at radius 1 is 1.12 bits per heavy atom. The van der Waals surface area contributed by atoms with Gasteiger partial charge < -0.3 is 24.6 Å². The highest BCUT2D eigenvalue weighted by atomic mass is 79.9. The second-order valence-electron chi connectivity index (χ2n) is 9.18. The molecule has 3 aromatic rings. The average Bonchev–Trinajstić information content (AvgIpc) is 3.23. The Kier molecular flexibility index (Phi) is 5.92. The standard InChI is InChI=1S/C27H29BrN2O4/c1-4-30(2)16-20-23(17-8-6-5-7-9-17)27(18-10-12-19(28)13-11-18)26(32,25(20)31)24-21(33-3)14-29-15-22(24)34-27/h5-15,20,23,25,31-32H,4,16H2,1-3H3/t20-,23-,25-,26+,27?/m1/s1. The predicted octanol–water partition coefficient (Wildman–Crippen LogP) is 4.05. The Labute approximate surface area is 208 Å². The first kappa shape index (κ1) is 23.3. The Morgan fingerprint density at radius 3 is 2.47 bits per heavy atom. The van der Waals surface area contributed by atoms with Gasteiger partial charge in [-0.2, -0.15) is 0 Å². The lowest BCUT2D eigenvalue weighted by Gasteiger charge is -2.41. The number of nitrogens with zero attached hydrogens (tertiary/aromatic N) is 2. The van der Waals surface area contributed by atoms with Gasteiger partial charge in [0.05, 0.1) is 31.2 Å². The minimum Gasteiger partial charge on any atom is -0.495 e. The van der Waals surface area contributed by atoms with Crippen molar-refractivity contribution in [3.8, 4) is 11.5 Å². The third-order valence-electron chi connectivity index (χ3n) is 7.51. The SMILES string of the molecule is CCN(C)C[C@@H]1[C@@H](c2ccccc2)C2(c3ccc(Br)cc3)Oc3cncc(OC)c3[C@]2(O)[C@@H]1O. The molecule has 0 amide bonds. The smallest absolute Gasteiger partial charge is 0.177 e. The van der Waals surface area contributed by atoms with Gasteiger partial charge in [0.1, 0.15) is 11.5 Å². The van der Waals surface area contributed by atoms with E-state index in [0.29, 0.717) is 23.6 Å². The number of fused-ring (bicyclic) bond motifs is 3. The van der Waals surface area contributed by atoms with Crippen molar-refractivity contribution in [1.82, 2.24) is 9.88 Å². The maximum atomic E-state index is 12.7. The minimum atomic E-state index is -1.76. The highest BCUT2D eigenvalue weighted by molar-refractivity contribution is 9.10. The van der Waals surface area contributed by atoms with Crippen LogP contribution in [0.15, 0.2) is 71.5 Å². The first-order chi connectivity index (χ1) is 16.4. The number of benzene rings is 2. The lowest BCUT2D eigenvalue weighted by molar-refractivity contribution is -0.152. The molecular weight excluding hydrogens is 496 g/mol. The number of aliphatic hydroxyl groups excluding tert-OH is 1. The summed E-state index contributed by atoms with van der Waals surface area (Å²) in [5.41, 5.74) is -0.819. The van der Waals surface area contributed by atoms with Crippen LogP contribution in [0.4, 0.5) is 0 Å². The Hall–Kier alpha value is -2.45. The van der Waals surface area contributed by atoms with Crippen LogP contribution in [-0.2, 0) is 11.2 Å². The third-order valence-corrected chi connectivity index (χ3v) is 8.04. The van der Waals surface area contributed by atoms with Gasteiger partial charge in [0.2, 0.25) is 0 Å². The number of pyridine rings is 1. The van der Waals surface area contributed by atoms with Crippen LogP contribution in [0, 0.1) is 5.92 Å². The van der Waals surface area contributed by atoms with E-state index in [1.807, 2.05) is 61.6 Å². The topological polar surface area (TPSA) is 75.1 Å². The number of halogens is 1. The van der Waals surface area contributed by atoms with Crippen LogP contribution < -0.4 is 9.47 Å². The van der Waals surface area contributed by atoms with Crippen molar-refractivity contribution in [1.29, 1.82) is 0 Å². The summed E-state index contributed by atoms with van der Waals surface area (Å²) in [7, 11) is 3.57. The summed E-state index contributed by atoms with van der Waals surface area (Å²) in [6.07, 6.45) is 2.04. The molecule has 7 heteroatoms. The summed E-state index contributed by atoms with van der Waals surface area (Å²) < 4.78 is 13.3. The molecule has 1 aromatic heterocycles. The van der Waals surface area contributed by atoms with Crippen LogP contribution in [0.2, 0.25) is 0 Å². The largest absolute Gasteiger partial charge is 0.495 e. The van der Waals surface area contributed by atoms with Gasteiger partial charge in [0.15, 0.2) is 11.2 Å². The molecule has 0 radical (unpaired) electrons. The van der Waals surface area contributed by atoms with E-state index in [1.165, 1.54) is 0 Å². The number of rotatable bonds is 6.